The number of amides is 1. The van der Waals surface area contributed by atoms with Gasteiger partial charge in [-0.05, 0) is 58.5 Å². The highest BCUT2D eigenvalue weighted by atomic mass is 32.2. The molecule has 3 aromatic carbocycles. The third-order valence-corrected chi connectivity index (χ3v) is 9.40. The van der Waals surface area contributed by atoms with Crippen LogP contribution in [0, 0.1) is 0 Å². The molecule has 2 heterocycles. The Morgan fingerprint density at radius 2 is 1.71 bits per heavy atom. The monoisotopic (exact) mass is 593 g/mol. The predicted molar refractivity (Wildman–Crippen MR) is 161 cm³/mol. The molecule has 9 nitrogen and oxygen atoms in total. The molecule has 1 saturated heterocycles. The maximum atomic E-state index is 13.9. The number of ether oxygens (including phenoxy) is 3. The Bertz CT molecular complexity index is 1510. The molecule has 2 aliphatic heterocycles. The second-order valence-corrected chi connectivity index (χ2v) is 13.5. The van der Waals surface area contributed by atoms with Gasteiger partial charge >= 0.3 is 0 Å². The summed E-state index contributed by atoms with van der Waals surface area (Å²) in [5, 5.41) is 2.96. The normalized spacial score (nSPS) is 17.7. The lowest BCUT2D eigenvalue weighted by atomic mass is 9.86. The molecule has 0 radical (unpaired) electrons. The van der Waals surface area contributed by atoms with Crippen LogP contribution in [0.25, 0.3) is 0 Å². The van der Waals surface area contributed by atoms with Crippen LogP contribution in [0.2, 0.25) is 0 Å². The number of nitrogens with one attached hydrogen (secondary N) is 1. The molecule has 0 saturated carbocycles. The first-order valence-electron chi connectivity index (χ1n) is 14.2. The lowest BCUT2D eigenvalue weighted by Crippen LogP contribution is -2.50. The van der Waals surface area contributed by atoms with Crippen LogP contribution in [-0.4, -0.2) is 65.3 Å². The smallest absolute Gasteiger partial charge is 0.264 e. The molecule has 3 aromatic rings. The summed E-state index contributed by atoms with van der Waals surface area (Å²) in [5.74, 6) is 0.519. The van der Waals surface area contributed by atoms with Crippen LogP contribution < -0.4 is 19.1 Å². The highest BCUT2D eigenvalue weighted by Gasteiger charge is 2.38. The zero-order valence-electron chi connectivity index (χ0n) is 24.6. The molecule has 1 N–H and O–H groups in total. The highest BCUT2D eigenvalue weighted by molar-refractivity contribution is 7.92. The number of sulfonamides is 1. The minimum absolute atomic E-state index is 0.105. The summed E-state index contributed by atoms with van der Waals surface area (Å²) in [6.07, 6.45) is -1.03. The third kappa shape index (κ3) is 6.72. The van der Waals surface area contributed by atoms with Crippen molar-refractivity contribution in [1.29, 1.82) is 0 Å². The number of hydrogen-bond acceptors (Lipinski definition) is 7. The van der Waals surface area contributed by atoms with Crippen LogP contribution in [0.15, 0.2) is 71.6 Å². The number of morpholine rings is 1. The Balaban J connectivity index is 1.36. The first kappa shape index (κ1) is 29.9. The summed E-state index contributed by atoms with van der Waals surface area (Å²) in [4.78, 5) is 15.9. The van der Waals surface area contributed by atoms with Gasteiger partial charge in [-0.3, -0.25) is 14.0 Å². The Hall–Kier alpha value is -3.60. The summed E-state index contributed by atoms with van der Waals surface area (Å²) in [7, 11) is -2.48. The molecular weight excluding hydrogens is 554 g/mol. The minimum atomic E-state index is -4.01. The summed E-state index contributed by atoms with van der Waals surface area (Å²) in [6.45, 7) is 10.4. The van der Waals surface area contributed by atoms with E-state index >= 15 is 0 Å². The number of carbonyl (C=O) groups is 1. The molecule has 0 unspecified atom stereocenters. The van der Waals surface area contributed by atoms with E-state index in [1.165, 1.54) is 23.5 Å². The van der Waals surface area contributed by atoms with E-state index in [4.69, 9.17) is 14.2 Å². The summed E-state index contributed by atoms with van der Waals surface area (Å²) < 4.78 is 45.9. The quantitative estimate of drug-likeness (QED) is 0.420. The van der Waals surface area contributed by atoms with E-state index in [1.807, 2.05) is 24.3 Å². The van der Waals surface area contributed by atoms with Crippen LogP contribution in [0.3, 0.4) is 0 Å². The van der Waals surface area contributed by atoms with Crippen molar-refractivity contribution >= 4 is 21.6 Å². The van der Waals surface area contributed by atoms with Crippen LogP contribution in [0.1, 0.15) is 37.5 Å². The maximum absolute atomic E-state index is 13.9. The van der Waals surface area contributed by atoms with Crippen molar-refractivity contribution in [3.8, 4) is 11.5 Å². The predicted octanol–water partition coefficient (Wildman–Crippen LogP) is 4.10. The Morgan fingerprint density at radius 1 is 1.00 bits per heavy atom. The van der Waals surface area contributed by atoms with E-state index < -0.39 is 16.1 Å². The Kier molecular flexibility index (Phi) is 8.77. The van der Waals surface area contributed by atoms with E-state index in [2.05, 4.69) is 43.1 Å². The number of hydrogen-bond donors (Lipinski definition) is 1. The fourth-order valence-electron chi connectivity index (χ4n) is 5.12. The van der Waals surface area contributed by atoms with Gasteiger partial charge in [0.05, 0.1) is 37.5 Å². The van der Waals surface area contributed by atoms with Gasteiger partial charge in [0, 0.05) is 26.2 Å². The first-order chi connectivity index (χ1) is 20.0. The van der Waals surface area contributed by atoms with Crippen LogP contribution >= 0.6 is 0 Å². The molecule has 2 aliphatic rings. The second kappa shape index (κ2) is 12.3. The van der Waals surface area contributed by atoms with Crippen molar-refractivity contribution in [3.05, 3.63) is 83.4 Å². The standard InChI is InChI=1S/C32H39N3O6S/c1-32(2,3)25-8-13-29-28(19-25)35(42(37,38)27-11-9-26(39-4)10-12-27)22-30(41-29)31(36)33-20-23-6-5-7-24(18-23)21-34-14-16-40-17-15-34/h5-13,18-19,30H,14-17,20-22H2,1-4H3,(H,33,36)/t30-/m0/s1. The molecule has 1 atom stereocenters. The van der Waals surface area contributed by atoms with E-state index in [0.29, 0.717) is 23.7 Å². The van der Waals surface area contributed by atoms with Gasteiger partial charge in [-0.15, -0.1) is 0 Å². The number of fused-ring (bicyclic) bond motifs is 1. The summed E-state index contributed by atoms with van der Waals surface area (Å²) in [6, 6.07) is 19.9. The molecule has 0 aliphatic carbocycles. The van der Waals surface area contributed by atoms with E-state index in [0.717, 1.165) is 49.5 Å². The van der Waals surface area contributed by atoms with Gasteiger partial charge in [0.15, 0.2) is 6.10 Å². The topological polar surface area (TPSA) is 97.4 Å². The molecule has 0 aromatic heterocycles. The average Bonchev–Trinajstić information content (AvgIpc) is 2.99. The number of benzene rings is 3. The van der Waals surface area contributed by atoms with Crippen molar-refractivity contribution in [3.63, 3.8) is 0 Å². The Morgan fingerprint density at radius 3 is 2.40 bits per heavy atom. The van der Waals surface area contributed by atoms with Gasteiger partial charge in [0.2, 0.25) is 0 Å². The number of anilines is 1. The van der Waals surface area contributed by atoms with Crippen molar-refractivity contribution in [2.45, 2.75) is 50.3 Å². The zero-order valence-corrected chi connectivity index (χ0v) is 25.4. The van der Waals surface area contributed by atoms with Gasteiger partial charge < -0.3 is 19.5 Å². The lowest BCUT2D eigenvalue weighted by molar-refractivity contribution is -0.127. The number of nitrogens with zero attached hydrogens (tertiary/aromatic N) is 2. The minimum Gasteiger partial charge on any atom is -0.497 e. The molecular formula is C32H39N3O6S. The van der Waals surface area contributed by atoms with Gasteiger partial charge in [-0.2, -0.15) is 0 Å². The van der Waals surface area contributed by atoms with Gasteiger partial charge in [-0.25, -0.2) is 8.42 Å². The second-order valence-electron chi connectivity index (χ2n) is 11.7. The van der Waals surface area contributed by atoms with Crippen molar-refractivity contribution in [2.24, 2.45) is 0 Å². The molecule has 10 heteroatoms. The highest BCUT2D eigenvalue weighted by Crippen LogP contribution is 2.40. The third-order valence-electron chi connectivity index (χ3n) is 7.60. The van der Waals surface area contributed by atoms with Crippen molar-refractivity contribution < 1.29 is 27.4 Å². The average molecular weight is 594 g/mol. The molecule has 0 bridgehead atoms. The van der Waals surface area contributed by atoms with Crippen LogP contribution in [0.5, 0.6) is 11.5 Å². The maximum Gasteiger partial charge on any atom is 0.264 e. The van der Waals surface area contributed by atoms with Crippen molar-refractivity contribution in [2.75, 3.05) is 44.3 Å². The SMILES string of the molecule is COc1ccc(S(=O)(=O)N2C[C@@H](C(=O)NCc3cccc(CN4CCOCC4)c3)Oc3ccc(C(C)(C)C)cc32)cc1. The number of methoxy groups -OCH3 is 1. The Labute approximate surface area is 248 Å². The molecule has 1 amide bonds. The summed E-state index contributed by atoms with van der Waals surface area (Å²) in [5.41, 5.74) is 3.29. The molecule has 224 valence electrons. The van der Waals surface area contributed by atoms with Crippen molar-refractivity contribution in [1.82, 2.24) is 10.2 Å². The van der Waals surface area contributed by atoms with Gasteiger partial charge in [0.25, 0.3) is 15.9 Å². The molecule has 0 spiro atoms. The fraction of sp³-hybridized carbons (Fsp3) is 0.406. The van der Waals surface area contributed by atoms with Crippen LogP contribution in [0.4, 0.5) is 5.69 Å². The van der Waals surface area contributed by atoms with Gasteiger partial charge in [0.1, 0.15) is 11.5 Å². The number of rotatable bonds is 8. The van der Waals surface area contributed by atoms with E-state index in [9.17, 15) is 13.2 Å². The lowest BCUT2D eigenvalue weighted by Gasteiger charge is -2.36. The van der Waals surface area contributed by atoms with Gasteiger partial charge in [-0.1, -0.05) is 51.1 Å². The first-order valence-corrected chi connectivity index (χ1v) is 15.6. The number of carbonyl (C=O) groups excluding carboxylic acids is 1. The summed E-state index contributed by atoms with van der Waals surface area (Å²) >= 11 is 0. The largest absolute Gasteiger partial charge is 0.497 e. The van der Waals surface area contributed by atoms with E-state index in [1.54, 1.807) is 18.2 Å². The van der Waals surface area contributed by atoms with Crippen LogP contribution in [-0.2, 0) is 38.1 Å². The van der Waals surface area contributed by atoms with E-state index in [-0.39, 0.29) is 22.8 Å². The molecule has 1 fully saturated rings. The molecule has 42 heavy (non-hydrogen) atoms. The fourth-order valence-corrected chi connectivity index (χ4v) is 6.58. The zero-order chi connectivity index (χ0) is 29.9. The molecule has 5 rings (SSSR count).